The molecule has 0 amide bonds. The van der Waals surface area contributed by atoms with Gasteiger partial charge in [0.25, 0.3) is 0 Å². The molecule has 1 aliphatic rings. The lowest BCUT2D eigenvalue weighted by Crippen LogP contribution is -2.40. The first-order valence-corrected chi connectivity index (χ1v) is 8.25. The summed E-state index contributed by atoms with van der Waals surface area (Å²) in [5.74, 6) is 0.642. The Hall–Kier alpha value is -0.770. The van der Waals surface area contributed by atoms with Gasteiger partial charge in [0.05, 0.1) is 6.10 Å². The largest absolute Gasteiger partial charge is 0.380 e. The van der Waals surface area contributed by atoms with Crippen molar-refractivity contribution in [3.05, 3.63) is 28.8 Å². The zero-order valence-electron chi connectivity index (χ0n) is 13.4. The Morgan fingerprint density at radius 3 is 2.95 bits per heavy atom. The molecular weight excluding hydrogens is 284 g/mol. The third-order valence-corrected chi connectivity index (χ3v) is 4.35. The molecule has 1 aromatic carbocycles. The maximum Gasteiger partial charge on any atom is 0.0746 e. The van der Waals surface area contributed by atoms with Crippen LogP contribution in [0.15, 0.2) is 18.2 Å². The molecule has 1 heterocycles. The van der Waals surface area contributed by atoms with Gasteiger partial charge in [0.2, 0.25) is 0 Å². The number of rotatable bonds is 6. The zero-order valence-corrected chi connectivity index (χ0v) is 14.1. The Labute approximate surface area is 133 Å². The number of piperidine rings is 1. The number of hydrogen-bond acceptors (Lipinski definition) is 3. The average Bonchev–Trinajstić information content (AvgIpc) is 2.48. The molecule has 1 unspecified atom stereocenters. The van der Waals surface area contributed by atoms with Crippen LogP contribution in [0.2, 0.25) is 5.02 Å². The van der Waals surface area contributed by atoms with Crippen LogP contribution in [0.25, 0.3) is 0 Å². The molecule has 1 fully saturated rings. The van der Waals surface area contributed by atoms with Gasteiger partial charge < -0.3 is 15.0 Å². The number of anilines is 1. The molecule has 1 atom stereocenters. The summed E-state index contributed by atoms with van der Waals surface area (Å²) in [5.41, 5.74) is 2.46. The highest BCUT2D eigenvalue weighted by Crippen LogP contribution is 2.30. The predicted molar refractivity (Wildman–Crippen MR) is 90.2 cm³/mol. The standard InChI is InChI=1S/C17H27ClN2O/c1-13(2)10-19-11-15-16(18)7-4-8-17(15)20-9-5-6-14(12-20)21-3/h4,7-8,13-14,19H,5-6,9-12H2,1-3H3. The van der Waals surface area contributed by atoms with Gasteiger partial charge >= 0.3 is 0 Å². The molecule has 1 N–H and O–H groups in total. The molecular formula is C17H27ClN2O. The van der Waals surface area contributed by atoms with Crippen molar-refractivity contribution in [2.24, 2.45) is 5.92 Å². The van der Waals surface area contributed by atoms with Gasteiger partial charge in [0, 0.05) is 43.0 Å². The van der Waals surface area contributed by atoms with Crippen LogP contribution in [-0.2, 0) is 11.3 Å². The Morgan fingerprint density at radius 2 is 2.24 bits per heavy atom. The van der Waals surface area contributed by atoms with E-state index in [-0.39, 0.29) is 0 Å². The van der Waals surface area contributed by atoms with Crippen LogP contribution in [0.5, 0.6) is 0 Å². The van der Waals surface area contributed by atoms with Gasteiger partial charge in [-0.1, -0.05) is 31.5 Å². The highest BCUT2D eigenvalue weighted by molar-refractivity contribution is 6.31. The van der Waals surface area contributed by atoms with Crippen LogP contribution in [-0.4, -0.2) is 32.8 Å². The smallest absolute Gasteiger partial charge is 0.0746 e. The van der Waals surface area contributed by atoms with E-state index in [9.17, 15) is 0 Å². The van der Waals surface area contributed by atoms with Crippen molar-refractivity contribution in [2.75, 3.05) is 31.6 Å². The molecule has 0 spiro atoms. The summed E-state index contributed by atoms with van der Waals surface area (Å²) in [6.45, 7) is 8.29. The maximum atomic E-state index is 6.44. The van der Waals surface area contributed by atoms with E-state index in [0.29, 0.717) is 12.0 Å². The van der Waals surface area contributed by atoms with Crippen LogP contribution in [0.4, 0.5) is 5.69 Å². The summed E-state index contributed by atoms with van der Waals surface area (Å²) >= 11 is 6.44. The number of nitrogens with zero attached hydrogens (tertiary/aromatic N) is 1. The number of halogens is 1. The van der Waals surface area contributed by atoms with E-state index in [4.69, 9.17) is 16.3 Å². The lowest BCUT2D eigenvalue weighted by Gasteiger charge is -2.35. The predicted octanol–water partition coefficient (Wildman–Crippen LogP) is 3.70. The molecule has 0 saturated carbocycles. The van der Waals surface area contributed by atoms with Gasteiger partial charge in [-0.2, -0.15) is 0 Å². The average molecular weight is 311 g/mol. The van der Waals surface area contributed by atoms with Gasteiger partial charge in [-0.15, -0.1) is 0 Å². The van der Waals surface area contributed by atoms with E-state index in [1.54, 1.807) is 7.11 Å². The molecule has 1 aromatic rings. The second-order valence-corrected chi connectivity index (χ2v) is 6.62. The van der Waals surface area contributed by atoms with Crippen molar-refractivity contribution < 1.29 is 4.74 Å². The number of nitrogens with one attached hydrogen (secondary N) is 1. The highest BCUT2D eigenvalue weighted by atomic mass is 35.5. The molecule has 0 bridgehead atoms. The fourth-order valence-corrected chi connectivity index (χ4v) is 3.09. The SMILES string of the molecule is COC1CCCN(c2cccc(Cl)c2CNCC(C)C)C1. The van der Waals surface area contributed by atoms with Crippen LogP contribution in [0, 0.1) is 5.92 Å². The molecule has 2 rings (SSSR count). The third kappa shape index (κ3) is 4.60. The van der Waals surface area contributed by atoms with Crippen LogP contribution in [0.1, 0.15) is 32.3 Å². The van der Waals surface area contributed by atoms with Crippen LogP contribution >= 0.6 is 11.6 Å². The normalized spacial score (nSPS) is 19.3. The first kappa shape index (κ1) is 16.6. The van der Waals surface area contributed by atoms with Gasteiger partial charge in [-0.25, -0.2) is 0 Å². The number of methoxy groups -OCH3 is 1. The Kier molecular flexibility index (Phi) is 6.34. The van der Waals surface area contributed by atoms with Crippen LogP contribution < -0.4 is 10.2 Å². The first-order chi connectivity index (χ1) is 10.1. The minimum absolute atomic E-state index is 0.328. The van der Waals surface area contributed by atoms with Gasteiger partial charge in [0.1, 0.15) is 0 Å². The van der Waals surface area contributed by atoms with Crippen LogP contribution in [0.3, 0.4) is 0 Å². The maximum absolute atomic E-state index is 6.44. The molecule has 118 valence electrons. The Morgan fingerprint density at radius 1 is 1.43 bits per heavy atom. The van der Waals surface area contributed by atoms with Gasteiger partial charge in [-0.3, -0.25) is 0 Å². The van der Waals surface area contributed by atoms with Crippen molar-refractivity contribution in [1.82, 2.24) is 5.32 Å². The molecule has 4 heteroatoms. The molecule has 0 aromatic heterocycles. The zero-order chi connectivity index (χ0) is 15.2. The Balaban J connectivity index is 2.12. The van der Waals surface area contributed by atoms with Crippen molar-refractivity contribution in [3.8, 4) is 0 Å². The molecule has 0 aliphatic carbocycles. The number of benzene rings is 1. The fraction of sp³-hybridized carbons (Fsp3) is 0.647. The summed E-state index contributed by atoms with van der Waals surface area (Å²) in [6.07, 6.45) is 2.65. The monoisotopic (exact) mass is 310 g/mol. The minimum atomic E-state index is 0.328. The molecule has 21 heavy (non-hydrogen) atoms. The van der Waals surface area contributed by atoms with E-state index in [1.165, 1.54) is 17.7 Å². The lowest BCUT2D eigenvalue weighted by atomic mass is 10.0. The molecule has 1 aliphatic heterocycles. The summed E-state index contributed by atoms with van der Waals surface area (Å²) in [7, 11) is 1.80. The van der Waals surface area contributed by atoms with Crippen molar-refractivity contribution >= 4 is 17.3 Å². The van der Waals surface area contributed by atoms with Crippen molar-refractivity contribution in [2.45, 2.75) is 39.3 Å². The van der Waals surface area contributed by atoms with E-state index < -0.39 is 0 Å². The van der Waals surface area contributed by atoms with E-state index in [0.717, 1.165) is 37.6 Å². The number of hydrogen-bond donors (Lipinski definition) is 1. The van der Waals surface area contributed by atoms with E-state index >= 15 is 0 Å². The summed E-state index contributed by atoms with van der Waals surface area (Å²) < 4.78 is 5.54. The van der Waals surface area contributed by atoms with Gasteiger partial charge in [-0.05, 0) is 37.4 Å². The lowest BCUT2D eigenvalue weighted by molar-refractivity contribution is 0.0893. The van der Waals surface area contributed by atoms with Crippen molar-refractivity contribution in [3.63, 3.8) is 0 Å². The highest BCUT2D eigenvalue weighted by Gasteiger charge is 2.22. The van der Waals surface area contributed by atoms with Gasteiger partial charge in [0.15, 0.2) is 0 Å². The quantitative estimate of drug-likeness (QED) is 0.867. The minimum Gasteiger partial charge on any atom is -0.380 e. The first-order valence-electron chi connectivity index (χ1n) is 7.87. The molecule has 0 radical (unpaired) electrons. The second-order valence-electron chi connectivity index (χ2n) is 6.21. The van der Waals surface area contributed by atoms with Crippen molar-refractivity contribution in [1.29, 1.82) is 0 Å². The third-order valence-electron chi connectivity index (χ3n) is 4.00. The van der Waals surface area contributed by atoms with E-state index in [1.807, 2.05) is 12.1 Å². The molecule has 3 nitrogen and oxygen atoms in total. The second kappa shape index (κ2) is 8.02. The molecule has 1 saturated heterocycles. The van der Waals surface area contributed by atoms with E-state index in [2.05, 4.69) is 30.1 Å². The Bertz CT molecular complexity index is 450. The number of ether oxygens (including phenoxy) is 1. The fourth-order valence-electron chi connectivity index (χ4n) is 2.85. The topological polar surface area (TPSA) is 24.5 Å². The summed E-state index contributed by atoms with van der Waals surface area (Å²) in [4.78, 5) is 2.41. The summed E-state index contributed by atoms with van der Waals surface area (Å²) in [5, 5.41) is 4.35. The summed E-state index contributed by atoms with van der Waals surface area (Å²) in [6, 6.07) is 6.20.